The van der Waals surface area contributed by atoms with Gasteiger partial charge in [0.25, 0.3) is 0 Å². The van der Waals surface area contributed by atoms with Crippen LogP contribution in [-0.4, -0.2) is 17.1 Å². The Balaban J connectivity index is 3.30. The van der Waals surface area contributed by atoms with Gasteiger partial charge < -0.3 is 0 Å². The van der Waals surface area contributed by atoms with Crippen molar-refractivity contribution in [3.63, 3.8) is 0 Å². The Hall–Kier alpha value is 0.953. The first-order valence-corrected chi connectivity index (χ1v) is 12.9. The van der Waals surface area contributed by atoms with E-state index in [4.69, 9.17) is 34.8 Å². The second-order valence-corrected chi connectivity index (χ2v) is 17.4. The summed E-state index contributed by atoms with van der Waals surface area (Å²) < 4.78 is 5.06. The molecule has 1 nitrogen and oxygen atoms in total. The van der Waals surface area contributed by atoms with Crippen LogP contribution < -0.4 is 0 Å². The summed E-state index contributed by atoms with van der Waals surface area (Å²) in [5, 5.41) is 0. The molecule has 0 N–H and O–H groups in total. The molecule has 0 aliphatic heterocycles. The summed E-state index contributed by atoms with van der Waals surface area (Å²) in [5.41, 5.74) is 0. The van der Waals surface area contributed by atoms with Gasteiger partial charge in [0.05, 0.1) is 0 Å². The van der Waals surface area contributed by atoms with Crippen molar-refractivity contribution >= 4 is 40.5 Å². The third-order valence-corrected chi connectivity index (χ3v) is 4.01. The molecule has 0 aliphatic carbocycles. The molecule has 0 fully saturated rings. The maximum atomic E-state index is 5.60. The third-order valence-electron chi connectivity index (χ3n) is 0.969. The van der Waals surface area contributed by atoms with E-state index in [0.717, 1.165) is 12.8 Å². The second-order valence-electron chi connectivity index (χ2n) is 2.07. The van der Waals surface area contributed by atoms with Gasteiger partial charge >= 0.3 is 82.8 Å². The fourth-order valence-corrected chi connectivity index (χ4v) is 1.75. The molecule has 0 aliphatic rings. The Morgan fingerprint density at radius 2 is 2.00 bits per heavy atom. The minimum atomic E-state index is -3.05. The van der Waals surface area contributed by atoms with E-state index < -0.39 is 10.5 Å². The molecule has 0 amide bonds. The summed E-state index contributed by atoms with van der Waals surface area (Å²) in [7, 11) is 13.7. The van der Waals surface area contributed by atoms with Crippen LogP contribution in [0, 0.1) is 0 Å². The molecule has 5 heteroatoms. The van der Waals surface area contributed by atoms with Crippen molar-refractivity contribution in [3.05, 3.63) is 11.2 Å². The van der Waals surface area contributed by atoms with Crippen molar-refractivity contribution in [2.45, 2.75) is 19.8 Å². The van der Waals surface area contributed by atoms with Gasteiger partial charge in [0.15, 0.2) is 0 Å². The van der Waals surface area contributed by atoms with E-state index in [1.54, 1.807) is 4.91 Å². The van der Waals surface area contributed by atoms with E-state index in [9.17, 15) is 0 Å². The molecule has 0 bridgehead atoms. The van der Waals surface area contributed by atoms with Crippen molar-refractivity contribution in [1.82, 2.24) is 0 Å². The van der Waals surface area contributed by atoms with Gasteiger partial charge in [0.2, 0.25) is 0 Å². The van der Waals surface area contributed by atoms with Gasteiger partial charge in [-0.2, -0.15) is 0 Å². The predicted molar refractivity (Wildman–Crippen MR) is 53.3 cm³/mol. The fourth-order valence-electron chi connectivity index (χ4n) is 0.421. The van der Waals surface area contributed by atoms with Crippen molar-refractivity contribution in [1.29, 1.82) is 0 Å². The summed E-state index contributed by atoms with van der Waals surface area (Å²) in [6, 6.07) is 0. The van der Waals surface area contributed by atoms with Crippen molar-refractivity contribution in [2.75, 3.05) is 6.61 Å². The van der Waals surface area contributed by atoms with Gasteiger partial charge in [0.1, 0.15) is 0 Å². The van der Waals surface area contributed by atoms with E-state index in [-0.39, 0.29) is 0 Å². The molecule has 0 radical (unpaired) electrons. The van der Waals surface area contributed by atoms with E-state index in [1.165, 1.54) is 6.26 Å². The third kappa shape index (κ3) is 11.0. The molecule has 0 rings (SSSR count). The SMILES string of the molecule is CCCCO/C=[CH]/[Ge]([Cl])([Cl])[Cl]. The van der Waals surface area contributed by atoms with E-state index in [0.29, 0.717) is 6.61 Å². The normalized spacial score (nSPS) is 12.4. The maximum absolute atomic E-state index is 5.60. The van der Waals surface area contributed by atoms with Crippen LogP contribution in [0.4, 0.5) is 0 Å². The molecule has 0 unspecified atom stereocenters. The average molecular weight is 278 g/mol. The molecule has 0 aromatic carbocycles. The van der Waals surface area contributed by atoms with E-state index >= 15 is 0 Å². The Morgan fingerprint density at radius 1 is 1.36 bits per heavy atom. The predicted octanol–water partition coefficient (Wildman–Crippen LogP) is 3.51. The Labute approximate surface area is 82.6 Å². The molecule has 0 atom stereocenters. The molecule has 0 heterocycles. The molecule has 11 heavy (non-hydrogen) atoms. The zero-order valence-corrected chi connectivity index (χ0v) is 10.7. The quantitative estimate of drug-likeness (QED) is 0.425. The van der Waals surface area contributed by atoms with Crippen LogP contribution in [0.2, 0.25) is 0 Å². The summed E-state index contributed by atoms with van der Waals surface area (Å²) in [6.07, 6.45) is 3.66. The van der Waals surface area contributed by atoms with Crippen LogP contribution in [0.25, 0.3) is 0 Å². The van der Waals surface area contributed by atoms with Gasteiger partial charge in [0, 0.05) is 0 Å². The number of ether oxygens (including phenoxy) is 1. The van der Waals surface area contributed by atoms with Crippen molar-refractivity contribution in [3.8, 4) is 0 Å². The van der Waals surface area contributed by atoms with E-state index in [2.05, 4.69) is 6.92 Å². The molecule has 0 aromatic rings. The minimum absolute atomic E-state index is 0.704. The first-order valence-electron chi connectivity index (χ1n) is 3.42. The molecule has 0 spiro atoms. The Bertz CT molecular complexity index is 121. The van der Waals surface area contributed by atoms with Gasteiger partial charge in [-0.1, -0.05) is 0 Å². The molecular formula is C6H11Cl3GeO. The van der Waals surface area contributed by atoms with Gasteiger partial charge in [-0.05, 0) is 0 Å². The monoisotopic (exact) mass is 278 g/mol. The zero-order chi connectivity index (χ0) is 8.74. The molecular weight excluding hydrogens is 267 g/mol. The van der Waals surface area contributed by atoms with Crippen LogP contribution in [0.3, 0.4) is 0 Å². The van der Waals surface area contributed by atoms with Gasteiger partial charge in [-0.15, -0.1) is 0 Å². The number of hydrogen-bond acceptors (Lipinski definition) is 1. The van der Waals surface area contributed by atoms with E-state index in [1.807, 2.05) is 0 Å². The first kappa shape index (κ1) is 12.0. The zero-order valence-electron chi connectivity index (χ0n) is 6.32. The molecule has 0 saturated heterocycles. The fraction of sp³-hybridized carbons (Fsp3) is 0.667. The van der Waals surface area contributed by atoms with Crippen LogP contribution in [0.5, 0.6) is 0 Å². The molecule has 0 aromatic heterocycles. The topological polar surface area (TPSA) is 9.23 Å². The van der Waals surface area contributed by atoms with Gasteiger partial charge in [-0.3, -0.25) is 0 Å². The van der Waals surface area contributed by atoms with Crippen LogP contribution >= 0.6 is 30.0 Å². The summed E-state index contributed by atoms with van der Waals surface area (Å²) in [5.74, 6) is 0. The first-order chi connectivity index (χ1) is 5.06. The van der Waals surface area contributed by atoms with Crippen molar-refractivity contribution < 1.29 is 4.74 Å². The Kier molecular flexibility index (Phi) is 7.03. The number of halogens is 3. The number of unbranched alkanes of at least 4 members (excludes halogenated alkanes) is 1. The van der Waals surface area contributed by atoms with Crippen LogP contribution in [-0.2, 0) is 4.74 Å². The second kappa shape index (κ2) is 6.47. The van der Waals surface area contributed by atoms with Crippen LogP contribution in [0.1, 0.15) is 19.8 Å². The number of rotatable bonds is 5. The number of hydrogen-bond donors (Lipinski definition) is 0. The molecule has 0 saturated carbocycles. The Morgan fingerprint density at radius 3 is 2.45 bits per heavy atom. The van der Waals surface area contributed by atoms with Crippen LogP contribution in [0.15, 0.2) is 11.2 Å². The summed E-state index contributed by atoms with van der Waals surface area (Å²) in [4.78, 5) is 1.57. The van der Waals surface area contributed by atoms with Crippen molar-refractivity contribution in [2.24, 2.45) is 0 Å². The van der Waals surface area contributed by atoms with Gasteiger partial charge in [-0.25, -0.2) is 0 Å². The average Bonchev–Trinajstić information content (AvgIpc) is 1.85. The molecule has 66 valence electrons. The summed E-state index contributed by atoms with van der Waals surface area (Å²) in [6.45, 7) is 2.80. The summed E-state index contributed by atoms with van der Waals surface area (Å²) >= 11 is 0. The standard InChI is InChI=1S/C6H11Cl3GeO/c1-2-3-5-11-6-4-10(7,8)9/h4,6H,2-3,5H2,1H3/b6-4+.